The largest absolute Gasteiger partial charge is 0.392 e. The highest BCUT2D eigenvalue weighted by molar-refractivity contribution is 6.76. The summed E-state index contributed by atoms with van der Waals surface area (Å²) in [7, 11) is 0. The average molecular weight is 586 g/mol. The smallest absolute Gasteiger partial charge is 0.276 e. The minimum atomic E-state index is -2.08. The number of hydrogen-bond donors (Lipinski definition) is 2. The van der Waals surface area contributed by atoms with Crippen LogP contribution in [0.3, 0.4) is 0 Å². The van der Waals surface area contributed by atoms with Crippen molar-refractivity contribution in [2.75, 3.05) is 38.2 Å². The number of ether oxygens (including phenoxy) is 4. The van der Waals surface area contributed by atoms with Gasteiger partial charge in [0.2, 0.25) is 0 Å². The van der Waals surface area contributed by atoms with E-state index in [0.717, 1.165) is 49.2 Å². The lowest BCUT2D eigenvalue weighted by atomic mass is 9.98. The number of halogens is 3. The molecule has 3 aliphatic heterocycles. The molecule has 8 nitrogen and oxygen atoms in total. The minimum absolute atomic E-state index is 0.0171. The number of amides is 1. The van der Waals surface area contributed by atoms with E-state index in [9.17, 15) is 9.90 Å². The maximum absolute atomic E-state index is 12.2. The Balaban J connectivity index is 1.32. The molecule has 1 amide bonds. The molecule has 3 heterocycles. The molecule has 38 heavy (non-hydrogen) atoms. The molecule has 2 aromatic carbocycles. The van der Waals surface area contributed by atoms with E-state index < -0.39 is 21.8 Å². The second kappa shape index (κ2) is 12.0. The second-order valence-corrected chi connectivity index (χ2v) is 12.1. The number of carbonyl (C=O) groups excluding carboxylic acids is 1. The third-order valence-electron chi connectivity index (χ3n) is 7.18. The van der Waals surface area contributed by atoms with Crippen LogP contribution >= 0.6 is 34.8 Å². The van der Waals surface area contributed by atoms with E-state index in [0.29, 0.717) is 25.3 Å². The zero-order valence-electron chi connectivity index (χ0n) is 20.8. The molecular formula is C27H31Cl3N2O6. The van der Waals surface area contributed by atoms with Crippen molar-refractivity contribution in [3.63, 3.8) is 0 Å². The summed E-state index contributed by atoms with van der Waals surface area (Å²) in [5.41, 5.74) is 3.05. The first kappa shape index (κ1) is 28.1. The van der Waals surface area contributed by atoms with Crippen LogP contribution in [0, 0.1) is 0 Å². The highest BCUT2D eigenvalue weighted by Crippen LogP contribution is 2.40. The molecule has 1 spiro atoms. The number of nitrogens with zero attached hydrogens (tertiary/aromatic N) is 1. The number of hydrogen-bond acceptors (Lipinski definition) is 7. The molecule has 0 aliphatic carbocycles. The number of nitrogens with one attached hydrogen (secondary N) is 1. The quantitative estimate of drug-likeness (QED) is 0.468. The number of anilines is 1. The lowest BCUT2D eigenvalue weighted by molar-refractivity contribution is -0.255. The summed E-state index contributed by atoms with van der Waals surface area (Å²) in [5, 5.41) is 12.1. The predicted octanol–water partition coefficient (Wildman–Crippen LogP) is 4.87. The Hall–Kier alpha value is -1.46. The van der Waals surface area contributed by atoms with Crippen LogP contribution in [0.25, 0.3) is 0 Å². The van der Waals surface area contributed by atoms with Gasteiger partial charge in [-0.15, -0.1) is 0 Å². The summed E-state index contributed by atoms with van der Waals surface area (Å²) < 4.78 is 22.6. The number of benzene rings is 2. The van der Waals surface area contributed by atoms with Gasteiger partial charge in [0, 0.05) is 50.1 Å². The van der Waals surface area contributed by atoms with Crippen LogP contribution in [-0.2, 0) is 30.3 Å². The highest BCUT2D eigenvalue weighted by atomic mass is 35.6. The third kappa shape index (κ3) is 6.81. The van der Waals surface area contributed by atoms with E-state index in [1.807, 2.05) is 30.3 Å². The first-order chi connectivity index (χ1) is 18.2. The van der Waals surface area contributed by atoms with Crippen molar-refractivity contribution in [1.82, 2.24) is 4.90 Å². The maximum Gasteiger partial charge on any atom is 0.276 e. The zero-order chi connectivity index (χ0) is 26.8. The number of carbonyl (C=O) groups is 1. The van der Waals surface area contributed by atoms with Crippen LogP contribution in [0.1, 0.15) is 48.3 Å². The summed E-state index contributed by atoms with van der Waals surface area (Å²) >= 11 is 17.1. The Morgan fingerprint density at radius 3 is 2.39 bits per heavy atom. The second-order valence-electron chi connectivity index (χ2n) is 9.84. The number of aliphatic hydroxyl groups is 1. The topological polar surface area (TPSA) is 89.5 Å². The molecule has 11 heteroatoms. The first-order valence-electron chi connectivity index (χ1n) is 12.7. The van der Waals surface area contributed by atoms with Gasteiger partial charge in [-0.25, -0.2) is 0 Å². The number of piperidine rings is 1. The van der Waals surface area contributed by atoms with E-state index in [4.69, 9.17) is 53.8 Å². The Kier molecular flexibility index (Phi) is 8.84. The molecule has 0 bridgehead atoms. The van der Waals surface area contributed by atoms with E-state index >= 15 is 0 Å². The predicted molar refractivity (Wildman–Crippen MR) is 144 cm³/mol. The van der Waals surface area contributed by atoms with E-state index in [1.54, 1.807) is 18.2 Å². The van der Waals surface area contributed by atoms with Gasteiger partial charge >= 0.3 is 0 Å². The summed E-state index contributed by atoms with van der Waals surface area (Å²) in [4.78, 5) is 14.5. The van der Waals surface area contributed by atoms with E-state index in [-0.39, 0.29) is 18.8 Å². The van der Waals surface area contributed by atoms with Gasteiger partial charge in [0.05, 0.1) is 32.0 Å². The molecule has 206 valence electrons. The van der Waals surface area contributed by atoms with Crippen molar-refractivity contribution in [3.05, 3.63) is 65.2 Å². The SMILES string of the molecule is O=C(Nc1cccc([C@H]2O[C@@H](CN3CCC4(CC3)OCCO4)C[C@@H](c3ccc(CO)cc3)O2)c1)C(Cl)(Cl)Cl. The van der Waals surface area contributed by atoms with Gasteiger partial charge in [0.1, 0.15) is 0 Å². The number of likely N-dealkylation sites (tertiary alicyclic amines) is 1. The number of alkyl halides is 3. The summed E-state index contributed by atoms with van der Waals surface area (Å²) in [6, 6.07) is 14.9. The van der Waals surface area contributed by atoms with Gasteiger partial charge in [-0.3, -0.25) is 4.79 Å². The van der Waals surface area contributed by atoms with Crippen molar-refractivity contribution in [2.45, 2.75) is 53.9 Å². The first-order valence-corrected chi connectivity index (χ1v) is 13.9. The molecule has 3 saturated heterocycles. The molecule has 0 aromatic heterocycles. The molecule has 0 saturated carbocycles. The summed E-state index contributed by atoms with van der Waals surface area (Å²) in [5.74, 6) is -1.17. The Morgan fingerprint density at radius 1 is 1.03 bits per heavy atom. The van der Waals surface area contributed by atoms with Crippen molar-refractivity contribution < 1.29 is 28.8 Å². The van der Waals surface area contributed by atoms with Gasteiger partial charge in [-0.1, -0.05) is 71.2 Å². The summed E-state index contributed by atoms with van der Waals surface area (Å²) in [6.07, 6.45) is 1.35. The van der Waals surface area contributed by atoms with Crippen molar-refractivity contribution >= 4 is 46.4 Å². The maximum atomic E-state index is 12.2. The van der Waals surface area contributed by atoms with Crippen molar-refractivity contribution in [3.8, 4) is 0 Å². The molecular weight excluding hydrogens is 555 g/mol. The van der Waals surface area contributed by atoms with Crippen LogP contribution < -0.4 is 5.32 Å². The lowest BCUT2D eigenvalue weighted by Gasteiger charge is -2.41. The van der Waals surface area contributed by atoms with Gasteiger partial charge in [0.25, 0.3) is 9.70 Å². The normalized spacial score (nSPS) is 25.9. The van der Waals surface area contributed by atoms with E-state index in [2.05, 4.69) is 10.2 Å². The fourth-order valence-corrected chi connectivity index (χ4v) is 5.29. The molecule has 0 unspecified atom stereocenters. The van der Waals surface area contributed by atoms with Gasteiger partial charge in [0.15, 0.2) is 12.1 Å². The monoisotopic (exact) mass is 584 g/mol. The fraction of sp³-hybridized carbons (Fsp3) is 0.519. The van der Waals surface area contributed by atoms with Crippen molar-refractivity contribution in [1.29, 1.82) is 0 Å². The highest BCUT2D eigenvalue weighted by Gasteiger charge is 2.41. The minimum Gasteiger partial charge on any atom is -0.392 e. The van der Waals surface area contributed by atoms with Crippen molar-refractivity contribution in [2.24, 2.45) is 0 Å². The molecule has 3 atom stereocenters. The number of aliphatic hydroxyl groups excluding tert-OH is 1. The van der Waals surface area contributed by atoms with Crippen LogP contribution in [0.2, 0.25) is 0 Å². The molecule has 0 radical (unpaired) electrons. The molecule has 3 aliphatic rings. The Bertz CT molecular complexity index is 1100. The number of rotatable bonds is 6. The van der Waals surface area contributed by atoms with Crippen LogP contribution in [-0.4, -0.2) is 64.4 Å². The van der Waals surface area contributed by atoms with Crippen LogP contribution in [0.5, 0.6) is 0 Å². The van der Waals surface area contributed by atoms with Gasteiger partial charge in [-0.05, 0) is 23.3 Å². The van der Waals surface area contributed by atoms with Gasteiger partial charge in [-0.2, -0.15) is 0 Å². The Labute approximate surface area is 237 Å². The zero-order valence-corrected chi connectivity index (χ0v) is 23.1. The standard InChI is InChI=1S/C27H31Cl3N2O6/c28-27(29,30)25(34)31-21-3-1-2-20(14-21)24-37-22(15-23(38-24)19-6-4-18(17-33)5-7-19)16-32-10-8-26(9-11-32)35-12-13-36-26/h1-7,14,22-24,33H,8-13,15-17H2,(H,31,34)/t22-,23+,24+/m1/s1. The third-order valence-corrected chi connectivity index (χ3v) is 7.70. The van der Waals surface area contributed by atoms with E-state index in [1.165, 1.54) is 0 Å². The lowest BCUT2D eigenvalue weighted by Crippen LogP contribution is -2.48. The molecule has 2 aromatic rings. The average Bonchev–Trinajstić information content (AvgIpc) is 3.37. The van der Waals surface area contributed by atoms with Crippen LogP contribution in [0.15, 0.2) is 48.5 Å². The van der Waals surface area contributed by atoms with Gasteiger partial charge < -0.3 is 34.3 Å². The molecule has 5 rings (SSSR count). The molecule has 2 N–H and O–H groups in total. The fourth-order valence-electron chi connectivity index (χ4n) is 5.15. The summed E-state index contributed by atoms with van der Waals surface area (Å²) in [6.45, 7) is 3.76. The Morgan fingerprint density at radius 2 is 1.74 bits per heavy atom. The van der Waals surface area contributed by atoms with Crippen LogP contribution in [0.4, 0.5) is 5.69 Å². The molecule has 3 fully saturated rings.